The number of halogens is 1. The third kappa shape index (κ3) is 3.68. The van der Waals surface area contributed by atoms with Gasteiger partial charge in [0.05, 0.1) is 11.0 Å². The Bertz CT molecular complexity index is 435. The summed E-state index contributed by atoms with van der Waals surface area (Å²) in [4.78, 5) is 12.0. The highest BCUT2D eigenvalue weighted by Crippen LogP contribution is 2.25. The molecule has 18 heavy (non-hydrogen) atoms. The van der Waals surface area contributed by atoms with E-state index in [0.29, 0.717) is 11.6 Å². The van der Waals surface area contributed by atoms with Gasteiger partial charge in [-0.15, -0.1) is 0 Å². The van der Waals surface area contributed by atoms with Gasteiger partial charge in [-0.05, 0) is 25.3 Å². The van der Waals surface area contributed by atoms with Gasteiger partial charge in [0.2, 0.25) is 0 Å². The van der Waals surface area contributed by atoms with Crippen LogP contribution in [-0.2, 0) is 0 Å². The number of rotatable bonds is 5. The lowest BCUT2D eigenvalue weighted by Crippen LogP contribution is -2.30. The Morgan fingerprint density at radius 1 is 1.33 bits per heavy atom. The summed E-state index contributed by atoms with van der Waals surface area (Å²) in [6.45, 7) is 6.24. The molecule has 0 saturated heterocycles. The fourth-order valence-corrected chi connectivity index (χ4v) is 1.96. The van der Waals surface area contributed by atoms with Gasteiger partial charge in [-0.3, -0.25) is 10.1 Å². The minimum absolute atomic E-state index is 0.200. The first-order valence-corrected chi connectivity index (χ1v) is 5.99. The van der Waals surface area contributed by atoms with Gasteiger partial charge >= 0.3 is 0 Å². The summed E-state index contributed by atoms with van der Waals surface area (Å²) in [5.41, 5.74) is 0.323. The molecule has 1 rings (SSSR count). The number of benzene rings is 1. The highest BCUT2D eigenvalue weighted by molar-refractivity contribution is 5.53. The Morgan fingerprint density at radius 3 is 2.44 bits per heavy atom. The summed E-state index contributed by atoms with van der Waals surface area (Å²) in [5.74, 6) is -0.0613. The summed E-state index contributed by atoms with van der Waals surface area (Å²) >= 11 is 0. The quantitative estimate of drug-likeness (QED) is 0.595. The van der Waals surface area contributed by atoms with Crippen LogP contribution in [0.2, 0.25) is 0 Å². The molecule has 0 saturated carbocycles. The standard InChI is InChI=1S/C13H19FN2O2/c1-9(2)5-10(3)15(4)12-6-11(14)7-13(8-12)16(17)18/h6-10H,5H2,1-4H3. The lowest BCUT2D eigenvalue weighted by molar-refractivity contribution is -0.385. The van der Waals surface area contributed by atoms with Crippen LogP contribution in [-0.4, -0.2) is 18.0 Å². The molecule has 1 aromatic rings. The normalized spacial score (nSPS) is 12.6. The summed E-state index contributed by atoms with van der Waals surface area (Å²) < 4.78 is 13.3. The maximum Gasteiger partial charge on any atom is 0.274 e. The summed E-state index contributed by atoms with van der Waals surface area (Å²) in [6, 6.07) is 3.86. The van der Waals surface area contributed by atoms with E-state index in [2.05, 4.69) is 13.8 Å². The van der Waals surface area contributed by atoms with Crippen LogP contribution in [0.4, 0.5) is 15.8 Å². The van der Waals surface area contributed by atoms with E-state index in [1.165, 1.54) is 12.1 Å². The van der Waals surface area contributed by atoms with Crippen molar-refractivity contribution in [2.24, 2.45) is 5.92 Å². The third-order valence-electron chi connectivity index (χ3n) is 2.96. The van der Waals surface area contributed by atoms with Crippen LogP contribution in [0.1, 0.15) is 27.2 Å². The molecule has 0 spiro atoms. The maximum absolute atomic E-state index is 13.3. The number of hydrogen-bond donors (Lipinski definition) is 0. The van der Waals surface area contributed by atoms with E-state index in [9.17, 15) is 14.5 Å². The van der Waals surface area contributed by atoms with E-state index in [1.807, 2.05) is 18.9 Å². The molecule has 1 aromatic carbocycles. The van der Waals surface area contributed by atoms with Crippen molar-refractivity contribution in [3.8, 4) is 0 Å². The van der Waals surface area contributed by atoms with Crippen molar-refractivity contribution in [2.45, 2.75) is 33.2 Å². The first-order chi connectivity index (χ1) is 8.31. The largest absolute Gasteiger partial charge is 0.372 e. The van der Waals surface area contributed by atoms with Crippen LogP contribution in [0.25, 0.3) is 0 Å². The minimum atomic E-state index is -0.581. The Labute approximate surface area is 107 Å². The first kappa shape index (κ1) is 14.4. The average molecular weight is 254 g/mol. The topological polar surface area (TPSA) is 46.4 Å². The molecule has 0 bridgehead atoms. The van der Waals surface area contributed by atoms with Gasteiger partial charge in [0.25, 0.3) is 5.69 Å². The Kier molecular flexibility index (Phi) is 4.64. The fourth-order valence-electron chi connectivity index (χ4n) is 1.96. The second kappa shape index (κ2) is 5.80. The molecule has 0 amide bonds. The first-order valence-electron chi connectivity index (χ1n) is 5.99. The van der Waals surface area contributed by atoms with E-state index in [0.717, 1.165) is 12.5 Å². The average Bonchev–Trinajstić information content (AvgIpc) is 2.26. The molecule has 0 N–H and O–H groups in total. The molecule has 5 heteroatoms. The molecule has 0 aliphatic carbocycles. The number of nitro groups is 1. The molecule has 0 radical (unpaired) electrons. The molecular formula is C13H19FN2O2. The molecule has 0 heterocycles. The van der Waals surface area contributed by atoms with Crippen molar-refractivity contribution in [3.05, 3.63) is 34.1 Å². The van der Waals surface area contributed by atoms with Crippen LogP contribution < -0.4 is 4.90 Å². The fraction of sp³-hybridized carbons (Fsp3) is 0.538. The molecule has 0 aliphatic heterocycles. The van der Waals surface area contributed by atoms with Crippen molar-refractivity contribution >= 4 is 11.4 Å². The van der Waals surface area contributed by atoms with E-state index in [-0.39, 0.29) is 11.7 Å². The number of anilines is 1. The summed E-state index contributed by atoms with van der Waals surface area (Å²) in [7, 11) is 1.82. The Balaban J connectivity index is 2.98. The number of nitro benzene ring substituents is 1. The summed E-state index contributed by atoms with van der Waals surface area (Å²) in [6.07, 6.45) is 0.945. The van der Waals surface area contributed by atoms with Crippen LogP contribution >= 0.6 is 0 Å². The molecule has 0 aliphatic rings. The molecule has 1 atom stereocenters. The van der Waals surface area contributed by atoms with Crippen LogP contribution in [0.3, 0.4) is 0 Å². The summed E-state index contributed by atoms with van der Waals surface area (Å²) in [5, 5.41) is 10.7. The monoisotopic (exact) mass is 254 g/mol. The molecule has 4 nitrogen and oxygen atoms in total. The van der Waals surface area contributed by atoms with E-state index in [4.69, 9.17) is 0 Å². The van der Waals surface area contributed by atoms with E-state index < -0.39 is 10.7 Å². The van der Waals surface area contributed by atoms with Crippen molar-refractivity contribution in [3.63, 3.8) is 0 Å². The molecule has 100 valence electrons. The van der Waals surface area contributed by atoms with Gasteiger partial charge < -0.3 is 4.90 Å². The molecule has 0 aromatic heterocycles. The van der Waals surface area contributed by atoms with Gasteiger partial charge in [0.15, 0.2) is 0 Å². The smallest absolute Gasteiger partial charge is 0.274 e. The SMILES string of the molecule is CC(C)CC(C)N(C)c1cc(F)cc([N+](=O)[O-])c1. The lowest BCUT2D eigenvalue weighted by Gasteiger charge is -2.28. The van der Waals surface area contributed by atoms with Gasteiger partial charge in [0, 0.05) is 24.8 Å². The molecule has 0 fully saturated rings. The van der Waals surface area contributed by atoms with E-state index in [1.54, 1.807) is 0 Å². The minimum Gasteiger partial charge on any atom is -0.372 e. The zero-order chi connectivity index (χ0) is 13.9. The van der Waals surface area contributed by atoms with Gasteiger partial charge in [-0.25, -0.2) is 4.39 Å². The van der Waals surface area contributed by atoms with Gasteiger partial charge in [-0.2, -0.15) is 0 Å². The highest BCUT2D eigenvalue weighted by atomic mass is 19.1. The van der Waals surface area contributed by atoms with Crippen molar-refractivity contribution < 1.29 is 9.31 Å². The third-order valence-corrected chi connectivity index (χ3v) is 2.96. The van der Waals surface area contributed by atoms with E-state index >= 15 is 0 Å². The predicted molar refractivity (Wildman–Crippen MR) is 70.4 cm³/mol. The predicted octanol–water partition coefficient (Wildman–Crippen LogP) is 3.60. The van der Waals surface area contributed by atoms with Crippen LogP contribution in [0.5, 0.6) is 0 Å². The zero-order valence-electron chi connectivity index (χ0n) is 11.2. The molecular weight excluding hydrogens is 235 g/mol. The van der Waals surface area contributed by atoms with Gasteiger partial charge in [0.1, 0.15) is 5.82 Å². The number of nitrogens with zero attached hydrogens (tertiary/aromatic N) is 2. The van der Waals surface area contributed by atoms with Crippen LogP contribution in [0.15, 0.2) is 18.2 Å². The van der Waals surface area contributed by atoms with Crippen LogP contribution in [0, 0.1) is 21.8 Å². The lowest BCUT2D eigenvalue weighted by atomic mass is 10.0. The number of hydrogen-bond acceptors (Lipinski definition) is 3. The number of non-ortho nitro benzene ring substituents is 1. The van der Waals surface area contributed by atoms with Gasteiger partial charge in [-0.1, -0.05) is 13.8 Å². The maximum atomic E-state index is 13.3. The highest BCUT2D eigenvalue weighted by Gasteiger charge is 2.16. The molecule has 1 unspecified atom stereocenters. The second-order valence-corrected chi connectivity index (χ2v) is 5.01. The Hall–Kier alpha value is -1.65. The zero-order valence-corrected chi connectivity index (χ0v) is 11.2. The van der Waals surface area contributed by atoms with Crippen molar-refractivity contribution in [1.82, 2.24) is 0 Å². The second-order valence-electron chi connectivity index (χ2n) is 5.01. The Morgan fingerprint density at radius 2 is 1.94 bits per heavy atom. The van der Waals surface area contributed by atoms with Crippen molar-refractivity contribution in [1.29, 1.82) is 0 Å². The van der Waals surface area contributed by atoms with Crippen molar-refractivity contribution in [2.75, 3.05) is 11.9 Å².